The Balaban J connectivity index is 3.21. The molecule has 1 amide bonds. The Kier molecular flexibility index (Phi) is 6.39. The molecule has 0 aliphatic heterocycles. The van der Waals surface area contributed by atoms with Crippen LogP contribution >= 0.6 is 23.2 Å². The summed E-state index contributed by atoms with van der Waals surface area (Å²) in [6, 6.07) is 2.99. The number of carbonyl (C=O) groups is 3. The van der Waals surface area contributed by atoms with Crippen LogP contribution in [0.2, 0.25) is 10.0 Å². The lowest BCUT2D eigenvalue weighted by molar-refractivity contribution is -0.137. The summed E-state index contributed by atoms with van der Waals surface area (Å²) >= 11 is 12.1. The number of amides is 1. The zero-order valence-corrected chi connectivity index (χ0v) is 13.6. The van der Waals surface area contributed by atoms with Crippen LogP contribution in [0.15, 0.2) is 23.9 Å². The van der Waals surface area contributed by atoms with Gasteiger partial charge in [0.05, 0.1) is 28.4 Å². The van der Waals surface area contributed by atoms with E-state index in [1.807, 2.05) is 0 Å². The Labute approximate surface area is 137 Å². The number of halogens is 2. The van der Waals surface area contributed by atoms with Gasteiger partial charge in [0.2, 0.25) is 0 Å². The molecule has 0 bridgehead atoms. The number of rotatable bonds is 5. The second kappa shape index (κ2) is 7.82. The molecule has 0 fully saturated rings. The van der Waals surface area contributed by atoms with Crippen LogP contribution in [0.1, 0.15) is 17.3 Å². The summed E-state index contributed by atoms with van der Waals surface area (Å²) in [7, 11) is 2.61. The molecule has 0 radical (unpaired) electrons. The van der Waals surface area contributed by atoms with Crippen molar-refractivity contribution in [2.24, 2.45) is 0 Å². The quantitative estimate of drug-likeness (QED) is 0.371. The maximum absolute atomic E-state index is 11.8. The molecule has 118 valence electrons. The Bertz CT molecular complexity index is 656. The molecule has 1 aromatic rings. The van der Waals surface area contributed by atoms with E-state index in [2.05, 4.69) is 15.4 Å². The van der Waals surface area contributed by atoms with Gasteiger partial charge in [0.15, 0.2) is 5.78 Å². The van der Waals surface area contributed by atoms with Gasteiger partial charge in [0.25, 0.3) is 5.91 Å². The molecule has 8 heteroatoms. The van der Waals surface area contributed by atoms with E-state index in [0.717, 1.165) is 13.3 Å². The second-order valence-electron chi connectivity index (χ2n) is 4.11. The van der Waals surface area contributed by atoms with Crippen molar-refractivity contribution < 1.29 is 19.1 Å². The SMILES string of the molecule is CNC(=O)c1c(Cl)ccc(NC=C(C(C)=O)C(=O)OC)c1Cl. The van der Waals surface area contributed by atoms with Crippen LogP contribution in [0.25, 0.3) is 0 Å². The summed E-state index contributed by atoms with van der Waals surface area (Å²) in [4.78, 5) is 34.6. The molecule has 0 saturated heterocycles. The van der Waals surface area contributed by atoms with Gasteiger partial charge >= 0.3 is 5.97 Å². The van der Waals surface area contributed by atoms with Gasteiger partial charge in [-0.15, -0.1) is 0 Å². The summed E-state index contributed by atoms with van der Waals surface area (Å²) in [5.41, 5.74) is 0.217. The second-order valence-corrected chi connectivity index (χ2v) is 4.90. The van der Waals surface area contributed by atoms with Gasteiger partial charge in [0, 0.05) is 13.2 Å². The van der Waals surface area contributed by atoms with Crippen molar-refractivity contribution >= 4 is 46.5 Å². The largest absolute Gasteiger partial charge is 0.465 e. The molecule has 0 unspecified atom stereocenters. The van der Waals surface area contributed by atoms with Gasteiger partial charge in [-0.2, -0.15) is 0 Å². The smallest absolute Gasteiger partial charge is 0.342 e. The molecular formula is C14H14Cl2N2O4. The Morgan fingerprint density at radius 2 is 1.86 bits per heavy atom. The third-order valence-electron chi connectivity index (χ3n) is 2.70. The van der Waals surface area contributed by atoms with Gasteiger partial charge in [-0.3, -0.25) is 9.59 Å². The van der Waals surface area contributed by atoms with Gasteiger partial charge < -0.3 is 15.4 Å². The predicted octanol–water partition coefficient (Wildman–Crippen LogP) is 2.41. The summed E-state index contributed by atoms with van der Waals surface area (Å²) in [5, 5.41) is 5.37. The predicted molar refractivity (Wildman–Crippen MR) is 84.3 cm³/mol. The monoisotopic (exact) mass is 344 g/mol. The van der Waals surface area contributed by atoms with E-state index >= 15 is 0 Å². The number of anilines is 1. The molecule has 6 nitrogen and oxygen atoms in total. The van der Waals surface area contributed by atoms with Crippen LogP contribution in [0, 0.1) is 0 Å². The molecule has 1 rings (SSSR count). The summed E-state index contributed by atoms with van der Waals surface area (Å²) in [6.07, 6.45) is 1.16. The average molecular weight is 345 g/mol. The number of hydrogen-bond donors (Lipinski definition) is 2. The lowest BCUT2D eigenvalue weighted by Gasteiger charge is -2.11. The Morgan fingerprint density at radius 3 is 2.36 bits per heavy atom. The highest BCUT2D eigenvalue weighted by molar-refractivity contribution is 6.41. The third-order valence-corrected chi connectivity index (χ3v) is 3.41. The highest BCUT2D eigenvalue weighted by Gasteiger charge is 2.18. The number of Topliss-reactive ketones (excluding diaryl/α,β-unsaturated/α-hetero) is 1. The molecule has 0 aliphatic carbocycles. The number of ether oxygens (including phenoxy) is 1. The molecular weight excluding hydrogens is 331 g/mol. The fraction of sp³-hybridized carbons (Fsp3) is 0.214. The zero-order chi connectivity index (χ0) is 16.9. The van der Waals surface area contributed by atoms with Crippen LogP contribution in [-0.2, 0) is 14.3 Å². The first kappa shape index (κ1) is 18.0. The molecule has 0 spiro atoms. The summed E-state index contributed by atoms with van der Waals surface area (Å²) < 4.78 is 4.50. The lowest BCUT2D eigenvalue weighted by Crippen LogP contribution is -2.19. The van der Waals surface area contributed by atoms with Crippen molar-refractivity contribution in [2.45, 2.75) is 6.92 Å². The maximum Gasteiger partial charge on any atom is 0.342 e. The minimum absolute atomic E-state index is 0.0656. The molecule has 0 atom stereocenters. The molecule has 22 heavy (non-hydrogen) atoms. The van der Waals surface area contributed by atoms with Crippen LogP contribution in [0.4, 0.5) is 5.69 Å². The maximum atomic E-state index is 11.8. The number of ketones is 1. The van der Waals surface area contributed by atoms with Crippen molar-refractivity contribution in [3.05, 3.63) is 39.5 Å². The van der Waals surface area contributed by atoms with E-state index < -0.39 is 17.7 Å². The average Bonchev–Trinajstić information content (AvgIpc) is 2.48. The standard InChI is InChI=1S/C14H14Cl2N2O4/c1-7(19)8(14(21)22-3)6-18-10-5-4-9(15)11(12(10)16)13(20)17-2/h4-6,18H,1-3H3,(H,17,20). The summed E-state index contributed by atoms with van der Waals surface area (Å²) in [5.74, 6) is -1.71. The number of methoxy groups -OCH3 is 1. The fourth-order valence-corrected chi connectivity index (χ4v) is 2.16. The minimum atomic E-state index is -0.781. The topological polar surface area (TPSA) is 84.5 Å². The molecule has 0 aromatic heterocycles. The third kappa shape index (κ3) is 3.99. The fourth-order valence-electron chi connectivity index (χ4n) is 1.56. The Morgan fingerprint density at radius 1 is 1.23 bits per heavy atom. The first-order chi connectivity index (χ1) is 10.3. The lowest BCUT2D eigenvalue weighted by atomic mass is 10.1. The van der Waals surface area contributed by atoms with E-state index in [4.69, 9.17) is 23.2 Å². The number of esters is 1. The molecule has 2 N–H and O–H groups in total. The van der Waals surface area contributed by atoms with E-state index in [1.165, 1.54) is 26.1 Å². The van der Waals surface area contributed by atoms with Crippen LogP contribution < -0.4 is 10.6 Å². The number of benzene rings is 1. The van der Waals surface area contributed by atoms with Crippen molar-refractivity contribution in [3.63, 3.8) is 0 Å². The van der Waals surface area contributed by atoms with Gasteiger partial charge in [0.1, 0.15) is 5.57 Å². The van der Waals surface area contributed by atoms with Gasteiger partial charge in [-0.05, 0) is 19.1 Å². The van der Waals surface area contributed by atoms with E-state index in [-0.39, 0.29) is 21.2 Å². The molecule has 1 aromatic carbocycles. The van der Waals surface area contributed by atoms with E-state index in [1.54, 1.807) is 0 Å². The number of hydrogen-bond acceptors (Lipinski definition) is 5. The highest BCUT2D eigenvalue weighted by atomic mass is 35.5. The van der Waals surface area contributed by atoms with Crippen molar-refractivity contribution in [2.75, 3.05) is 19.5 Å². The number of nitrogens with one attached hydrogen (secondary N) is 2. The van der Waals surface area contributed by atoms with Crippen molar-refractivity contribution in [3.8, 4) is 0 Å². The Hall–Kier alpha value is -2.05. The van der Waals surface area contributed by atoms with Crippen LogP contribution in [-0.4, -0.2) is 31.8 Å². The molecule has 0 heterocycles. The van der Waals surface area contributed by atoms with Gasteiger partial charge in [-0.25, -0.2) is 4.79 Å². The van der Waals surface area contributed by atoms with Crippen LogP contribution in [0.5, 0.6) is 0 Å². The molecule has 0 saturated carbocycles. The minimum Gasteiger partial charge on any atom is -0.465 e. The highest BCUT2D eigenvalue weighted by Crippen LogP contribution is 2.31. The first-order valence-electron chi connectivity index (χ1n) is 6.09. The van der Waals surface area contributed by atoms with E-state index in [0.29, 0.717) is 5.69 Å². The first-order valence-corrected chi connectivity index (χ1v) is 6.85. The van der Waals surface area contributed by atoms with E-state index in [9.17, 15) is 14.4 Å². The normalized spacial score (nSPS) is 10.9. The number of carbonyl (C=O) groups excluding carboxylic acids is 3. The van der Waals surface area contributed by atoms with Crippen molar-refractivity contribution in [1.82, 2.24) is 5.32 Å². The summed E-state index contributed by atoms with van der Waals surface area (Å²) in [6.45, 7) is 1.23. The zero-order valence-electron chi connectivity index (χ0n) is 12.1. The van der Waals surface area contributed by atoms with Crippen LogP contribution in [0.3, 0.4) is 0 Å². The van der Waals surface area contributed by atoms with Gasteiger partial charge in [-0.1, -0.05) is 23.2 Å². The molecule has 0 aliphatic rings. The van der Waals surface area contributed by atoms with Crippen molar-refractivity contribution in [1.29, 1.82) is 0 Å².